The summed E-state index contributed by atoms with van der Waals surface area (Å²) in [7, 11) is 0. The van der Waals surface area contributed by atoms with Gasteiger partial charge in [0.2, 0.25) is 0 Å². The number of benzene rings is 2. The number of H-pyrrole nitrogens is 1. The van der Waals surface area contributed by atoms with Crippen molar-refractivity contribution in [1.29, 1.82) is 0 Å². The molecule has 2 N–H and O–H groups in total. The van der Waals surface area contributed by atoms with Crippen molar-refractivity contribution in [1.82, 2.24) is 10.3 Å². The number of carbonyl (C=O) groups is 2. The molecular weight excluding hydrogens is 354 g/mol. The Morgan fingerprint density at radius 2 is 2.04 bits per heavy atom. The number of amides is 1. The fourth-order valence-electron chi connectivity index (χ4n) is 3.55. The lowest BCUT2D eigenvalue weighted by molar-refractivity contribution is -0.119. The Morgan fingerprint density at radius 1 is 1.21 bits per heavy atom. The number of aromatic amines is 1. The van der Waals surface area contributed by atoms with Crippen LogP contribution >= 0.6 is 0 Å². The van der Waals surface area contributed by atoms with Crippen LogP contribution in [-0.4, -0.2) is 35.8 Å². The molecule has 0 bridgehead atoms. The first-order chi connectivity index (χ1) is 13.5. The molecule has 1 aliphatic heterocycles. The fourth-order valence-corrected chi connectivity index (χ4v) is 3.55. The van der Waals surface area contributed by atoms with E-state index in [2.05, 4.69) is 41.3 Å². The minimum Gasteiger partial charge on any atom is -0.455 e. The van der Waals surface area contributed by atoms with Crippen molar-refractivity contribution in [2.45, 2.75) is 19.8 Å². The van der Waals surface area contributed by atoms with Gasteiger partial charge in [-0.1, -0.05) is 37.3 Å². The number of nitrogens with zero attached hydrogens (tertiary/aromatic N) is 1. The van der Waals surface area contributed by atoms with Gasteiger partial charge in [-0.2, -0.15) is 0 Å². The molecule has 1 amide bonds. The van der Waals surface area contributed by atoms with E-state index in [0.717, 1.165) is 16.6 Å². The van der Waals surface area contributed by atoms with Crippen LogP contribution in [-0.2, 0) is 9.53 Å². The van der Waals surface area contributed by atoms with Gasteiger partial charge < -0.3 is 9.72 Å². The van der Waals surface area contributed by atoms with Crippen LogP contribution in [0.3, 0.4) is 0 Å². The first-order valence-corrected chi connectivity index (χ1v) is 9.20. The maximum atomic E-state index is 12.6. The molecule has 0 aliphatic carbocycles. The van der Waals surface area contributed by atoms with Crippen LogP contribution in [0.25, 0.3) is 10.9 Å². The molecule has 1 fully saturated rings. The number of ether oxygens (including phenoxy) is 1. The predicted octanol–water partition coefficient (Wildman–Crippen LogP) is 3.31. The average Bonchev–Trinajstić information content (AvgIpc) is 3.32. The standard InChI is InChI=1S/C22H21N3O3/c1-13-7-8-15(20(26)11-24-22-25-21(27)12-28-22)9-17(13)14(2)18-10-23-19-6-4-3-5-16(18)19/h3-10,14,23H,11-12H2,1-2H3,(H,24,25,27)/t14-/m1/s1. The highest BCUT2D eigenvalue weighted by molar-refractivity contribution is 6.02. The second-order valence-corrected chi connectivity index (χ2v) is 6.96. The largest absolute Gasteiger partial charge is 0.455 e. The number of aliphatic imine (C=N–C) groups is 1. The lowest BCUT2D eigenvalue weighted by atomic mass is 9.88. The van der Waals surface area contributed by atoms with Crippen molar-refractivity contribution in [3.8, 4) is 0 Å². The summed E-state index contributed by atoms with van der Waals surface area (Å²) in [6.07, 6.45) is 2.04. The molecule has 1 aliphatic rings. The first kappa shape index (κ1) is 18.0. The zero-order chi connectivity index (χ0) is 19.7. The lowest BCUT2D eigenvalue weighted by Crippen LogP contribution is -2.22. The van der Waals surface area contributed by atoms with Crippen LogP contribution < -0.4 is 5.32 Å². The van der Waals surface area contributed by atoms with Crippen LogP contribution in [0.4, 0.5) is 0 Å². The smallest absolute Gasteiger partial charge is 0.292 e. The van der Waals surface area contributed by atoms with E-state index < -0.39 is 0 Å². The number of hydrogen-bond acceptors (Lipinski definition) is 4. The lowest BCUT2D eigenvalue weighted by Gasteiger charge is -2.16. The van der Waals surface area contributed by atoms with Gasteiger partial charge in [-0.3, -0.25) is 14.9 Å². The van der Waals surface area contributed by atoms with Crippen molar-refractivity contribution in [2.75, 3.05) is 13.2 Å². The maximum Gasteiger partial charge on any atom is 0.292 e. The summed E-state index contributed by atoms with van der Waals surface area (Å²) in [5, 5.41) is 3.65. The van der Waals surface area contributed by atoms with E-state index in [1.54, 1.807) is 0 Å². The van der Waals surface area contributed by atoms with Crippen LogP contribution in [0.1, 0.15) is 39.9 Å². The second kappa shape index (κ2) is 7.31. The van der Waals surface area contributed by atoms with Crippen molar-refractivity contribution in [3.05, 3.63) is 70.9 Å². The van der Waals surface area contributed by atoms with Crippen molar-refractivity contribution < 1.29 is 14.3 Å². The molecule has 1 aromatic heterocycles. The Kier molecular flexibility index (Phi) is 4.69. The van der Waals surface area contributed by atoms with E-state index in [-0.39, 0.29) is 36.8 Å². The summed E-state index contributed by atoms with van der Waals surface area (Å²) in [5.41, 5.74) is 5.14. The zero-order valence-corrected chi connectivity index (χ0v) is 15.8. The van der Waals surface area contributed by atoms with Crippen molar-refractivity contribution >= 4 is 28.6 Å². The Hall–Kier alpha value is -3.41. The number of ketones is 1. The number of rotatable bonds is 5. The second-order valence-electron chi connectivity index (χ2n) is 6.96. The molecule has 0 spiro atoms. The molecule has 28 heavy (non-hydrogen) atoms. The number of aryl methyl sites for hydroxylation is 1. The predicted molar refractivity (Wildman–Crippen MR) is 108 cm³/mol. The SMILES string of the molecule is Cc1ccc(C(=O)CN=C2NC(=O)CO2)cc1[C@@H](C)c1c[nH]c2ccccc12. The van der Waals surface area contributed by atoms with Gasteiger partial charge in [0, 0.05) is 28.6 Å². The molecule has 142 valence electrons. The van der Waals surface area contributed by atoms with Gasteiger partial charge in [-0.15, -0.1) is 0 Å². The zero-order valence-electron chi connectivity index (χ0n) is 15.8. The van der Waals surface area contributed by atoms with Crippen LogP contribution in [0.5, 0.6) is 0 Å². The minimum atomic E-state index is -0.253. The van der Waals surface area contributed by atoms with E-state index in [0.29, 0.717) is 5.56 Å². The molecule has 1 atom stereocenters. The molecule has 0 unspecified atom stereocenters. The topological polar surface area (TPSA) is 83.6 Å². The quantitative estimate of drug-likeness (QED) is 0.671. The van der Waals surface area contributed by atoms with Gasteiger partial charge in [0.15, 0.2) is 12.4 Å². The Bertz CT molecular complexity index is 1100. The number of para-hydroxylation sites is 1. The van der Waals surface area contributed by atoms with Gasteiger partial charge in [-0.05, 0) is 35.7 Å². The van der Waals surface area contributed by atoms with E-state index in [9.17, 15) is 9.59 Å². The summed E-state index contributed by atoms with van der Waals surface area (Å²) in [6.45, 7) is 4.08. The Morgan fingerprint density at radius 3 is 2.82 bits per heavy atom. The molecule has 2 aromatic carbocycles. The van der Waals surface area contributed by atoms with Crippen LogP contribution in [0.15, 0.2) is 53.7 Å². The summed E-state index contributed by atoms with van der Waals surface area (Å²) >= 11 is 0. The number of Topliss-reactive ketones (excluding diaryl/α,β-unsaturated/α-hetero) is 1. The molecule has 6 heteroatoms. The number of hydrogen-bond donors (Lipinski definition) is 2. The minimum absolute atomic E-state index is 0.0517. The number of aromatic nitrogens is 1. The van der Waals surface area contributed by atoms with E-state index in [1.807, 2.05) is 36.5 Å². The normalized spacial score (nSPS) is 16.2. The summed E-state index contributed by atoms with van der Waals surface area (Å²) in [4.78, 5) is 31.1. The highest BCUT2D eigenvalue weighted by atomic mass is 16.5. The first-order valence-electron chi connectivity index (χ1n) is 9.20. The Labute approximate surface area is 162 Å². The Balaban J connectivity index is 1.60. The molecule has 2 heterocycles. The van der Waals surface area contributed by atoms with E-state index in [1.165, 1.54) is 10.9 Å². The average molecular weight is 375 g/mol. The van der Waals surface area contributed by atoms with Gasteiger partial charge in [0.05, 0.1) is 0 Å². The van der Waals surface area contributed by atoms with Crippen LogP contribution in [0.2, 0.25) is 0 Å². The molecule has 1 saturated heterocycles. The summed E-state index contributed by atoms with van der Waals surface area (Å²) in [5.74, 6) is -0.242. The van der Waals surface area contributed by atoms with E-state index in [4.69, 9.17) is 4.74 Å². The third-order valence-electron chi connectivity index (χ3n) is 5.11. The molecule has 4 rings (SSSR count). The summed E-state index contributed by atoms with van der Waals surface area (Å²) in [6, 6.07) is 14.0. The number of fused-ring (bicyclic) bond motifs is 1. The van der Waals surface area contributed by atoms with Gasteiger partial charge in [-0.25, -0.2) is 4.99 Å². The van der Waals surface area contributed by atoms with Crippen LogP contribution in [0, 0.1) is 6.92 Å². The molecule has 6 nitrogen and oxygen atoms in total. The maximum absolute atomic E-state index is 12.6. The molecule has 0 saturated carbocycles. The number of amidine groups is 1. The fraction of sp³-hybridized carbons (Fsp3) is 0.227. The van der Waals surface area contributed by atoms with Gasteiger partial charge in [0.25, 0.3) is 11.9 Å². The van der Waals surface area contributed by atoms with Crippen molar-refractivity contribution in [2.24, 2.45) is 4.99 Å². The van der Waals surface area contributed by atoms with Crippen molar-refractivity contribution in [3.63, 3.8) is 0 Å². The highest BCUT2D eigenvalue weighted by Crippen LogP contribution is 2.32. The molecule has 0 radical (unpaired) electrons. The van der Waals surface area contributed by atoms with E-state index >= 15 is 0 Å². The van der Waals surface area contributed by atoms with Gasteiger partial charge >= 0.3 is 0 Å². The number of nitrogens with one attached hydrogen (secondary N) is 2. The third kappa shape index (κ3) is 3.41. The summed E-state index contributed by atoms with van der Waals surface area (Å²) < 4.78 is 5.06. The number of carbonyl (C=O) groups excluding carboxylic acids is 2. The monoisotopic (exact) mass is 375 g/mol. The highest BCUT2D eigenvalue weighted by Gasteiger charge is 2.19. The van der Waals surface area contributed by atoms with Gasteiger partial charge in [0.1, 0.15) is 6.54 Å². The molecule has 3 aromatic rings. The third-order valence-corrected chi connectivity index (χ3v) is 5.11. The molecular formula is C22H21N3O3.